The highest BCUT2D eigenvalue weighted by atomic mass is 17.2. The van der Waals surface area contributed by atoms with E-state index in [4.69, 9.17) is 0 Å². The van der Waals surface area contributed by atoms with Crippen LogP contribution in [0.5, 0.6) is 0 Å². The number of benzene rings is 1. The second-order valence-corrected chi connectivity index (χ2v) is 2.94. The van der Waals surface area contributed by atoms with Gasteiger partial charge in [-0.15, -0.1) is 0 Å². The van der Waals surface area contributed by atoms with Gasteiger partial charge in [0.15, 0.2) is 0 Å². The van der Waals surface area contributed by atoms with Gasteiger partial charge in [0.05, 0.1) is 13.0 Å². The highest BCUT2D eigenvalue weighted by Crippen LogP contribution is 2.20. The Morgan fingerprint density at radius 2 is 2.00 bits per heavy atom. The van der Waals surface area contributed by atoms with E-state index in [1.54, 1.807) is 0 Å². The molecule has 1 aromatic carbocycles. The standard InChI is InChI=1S/C11H14O3/c1-3-10(11(12)14-13-2)9-7-5-4-6-8-9/h4-8,10H,3H2,1-2H3. The molecule has 0 aliphatic heterocycles. The highest BCUT2D eigenvalue weighted by Gasteiger charge is 2.20. The molecule has 14 heavy (non-hydrogen) atoms. The van der Waals surface area contributed by atoms with Crippen LogP contribution in [-0.4, -0.2) is 13.1 Å². The molecule has 0 N–H and O–H groups in total. The van der Waals surface area contributed by atoms with Gasteiger partial charge >= 0.3 is 5.97 Å². The molecule has 0 saturated heterocycles. The summed E-state index contributed by atoms with van der Waals surface area (Å²) in [4.78, 5) is 20.3. The minimum absolute atomic E-state index is 0.240. The summed E-state index contributed by atoms with van der Waals surface area (Å²) < 4.78 is 0. The molecule has 0 aromatic heterocycles. The van der Waals surface area contributed by atoms with E-state index in [0.717, 1.165) is 5.56 Å². The Morgan fingerprint density at radius 1 is 1.36 bits per heavy atom. The third-order valence-electron chi connectivity index (χ3n) is 2.06. The zero-order valence-corrected chi connectivity index (χ0v) is 8.40. The van der Waals surface area contributed by atoms with Crippen LogP contribution in [0.2, 0.25) is 0 Å². The van der Waals surface area contributed by atoms with Crippen LogP contribution in [0.3, 0.4) is 0 Å². The fraction of sp³-hybridized carbons (Fsp3) is 0.364. The number of hydrogen-bond donors (Lipinski definition) is 0. The van der Waals surface area contributed by atoms with Gasteiger partial charge in [0, 0.05) is 0 Å². The summed E-state index contributed by atoms with van der Waals surface area (Å²) >= 11 is 0. The molecule has 0 fully saturated rings. The van der Waals surface area contributed by atoms with Crippen molar-refractivity contribution in [2.75, 3.05) is 7.11 Å². The van der Waals surface area contributed by atoms with Crippen molar-refractivity contribution in [3.8, 4) is 0 Å². The molecular weight excluding hydrogens is 180 g/mol. The summed E-state index contributed by atoms with van der Waals surface area (Å²) in [5.41, 5.74) is 0.956. The Hall–Kier alpha value is -1.35. The summed E-state index contributed by atoms with van der Waals surface area (Å²) in [7, 11) is 1.33. The molecule has 0 aliphatic rings. The van der Waals surface area contributed by atoms with E-state index < -0.39 is 0 Å². The van der Waals surface area contributed by atoms with Crippen molar-refractivity contribution >= 4 is 5.97 Å². The van der Waals surface area contributed by atoms with Crippen LogP contribution in [0, 0.1) is 0 Å². The van der Waals surface area contributed by atoms with Gasteiger partial charge in [-0.05, 0) is 12.0 Å². The van der Waals surface area contributed by atoms with Gasteiger partial charge in [0.25, 0.3) is 0 Å². The molecule has 0 saturated carbocycles. The third kappa shape index (κ3) is 2.57. The van der Waals surface area contributed by atoms with Gasteiger partial charge in [-0.25, -0.2) is 4.79 Å². The lowest BCUT2D eigenvalue weighted by atomic mass is 9.97. The molecule has 0 aliphatic carbocycles. The average Bonchev–Trinajstić information content (AvgIpc) is 2.21. The van der Waals surface area contributed by atoms with E-state index in [1.165, 1.54) is 7.11 Å². The SMILES string of the molecule is CCC(C(=O)OOC)c1ccccc1. The third-order valence-corrected chi connectivity index (χ3v) is 2.06. The van der Waals surface area contributed by atoms with Crippen LogP contribution in [0.1, 0.15) is 24.8 Å². The first kappa shape index (κ1) is 10.7. The zero-order chi connectivity index (χ0) is 10.4. The van der Waals surface area contributed by atoms with Gasteiger partial charge in [-0.3, -0.25) is 4.89 Å². The maximum absolute atomic E-state index is 11.4. The first-order valence-electron chi connectivity index (χ1n) is 4.59. The van der Waals surface area contributed by atoms with Gasteiger partial charge in [0.1, 0.15) is 0 Å². The number of carbonyl (C=O) groups excluding carboxylic acids is 1. The second kappa shape index (κ2) is 5.40. The van der Waals surface area contributed by atoms with Gasteiger partial charge in [0.2, 0.25) is 0 Å². The van der Waals surface area contributed by atoms with Crippen molar-refractivity contribution in [1.82, 2.24) is 0 Å². The molecule has 3 heteroatoms. The topological polar surface area (TPSA) is 35.5 Å². The van der Waals surface area contributed by atoms with Crippen molar-refractivity contribution in [3.05, 3.63) is 35.9 Å². The molecular formula is C11H14O3. The van der Waals surface area contributed by atoms with Crippen LogP contribution in [0.4, 0.5) is 0 Å². The Bertz CT molecular complexity index is 282. The molecule has 1 rings (SSSR count). The molecule has 0 heterocycles. The molecule has 0 bridgehead atoms. The van der Waals surface area contributed by atoms with E-state index in [9.17, 15) is 4.79 Å². The fourth-order valence-electron chi connectivity index (χ4n) is 1.36. The van der Waals surface area contributed by atoms with E-state index in [1.807, 2.05) is 37.3 Å². The van der Waals surface area contributed by atoms with Crippen LogP contribution >= 0.6 is 0 Å². The Labute approximate surface area is 83.6 Å². The van der Waals surface area contributed by atoms with Crippen LogP contribution in [-0.2, 0) is 14.6 Å². The van der Waals surface area contributed by atoms with E-state index in [-0.39, 0.29) is 11.9 Å². The predicted molar refractivity (Wildman–Crippen MR) is 52.6 cm³/mol. The lowest BCUT2D eigenvalue weighted by Gasteiger charge is -2.11. The number of hydrogen-bond acceptors (Lipinski definition) is 3. The van der Waals surface area contributed by atoms with Gasteiger partial charge in [-0.2, -0.15) is 4.89 Å². The smallest absolute Gasteiger partial charge is 0.298 e. The molecule has 0 amide bonds. The van der Waals surface area contributed by atoms with Crippen molar-refractivity contribution < 1.29 is 14.6 Å². The van der Waals surface area contributed by atoms with E-state index in [2.05, 4.69) is 9.78 Å². The minimum atomic E-state index is -0.346. The monoisotopic (exact) mass is 194 g/mol. The highest BCUT2D eigenvalue weighted by molar-refractivity contribution is 5.77. The summed E-state index contributed by atoms with van der Waals surface area (Å²) in [5, 5.41) is 0. The second-order valence-electron chi connectivity index (χ2n) is 2.94. The molecule has 3 nitrogen and oxygen atoms in total. The molecule has 1 aromatic rings. The lowest BCUT2D eigenvalue weighted by molar-refractivity contribution is -0.256. The first-order chi connectivity index (χ1) is 6.79. The van der Waals surface area contributed by atoms with Crippen molar-refractivity contribution in [3.63, 3.8) is 0 Å². The molecule has 1 unspecified atom stereocenters. The van der Waals surface area contributed by atoms with Crippen molar-refractivity contribution in [1.29, 1.82) is 0 Å². The van der Waals surface area contributed by atoms with Crippen LogP contribution in [0.25, 0.3) is 0 Å². The van der Waals surface area contributed by atoms with Gasteiger partial charge < -0.3 is 0 Å². The summed E-state index contributed by atoms with van der Waals surface area (Å²) in [6.07, 6.45) is 0.701. The van der Waals surface area contributed by atoms with Crippen molar-refractivity contribution in [2.45, 2.75) is 19.3 Å². The number of rotatable bonds is 4. The minimum Gasteiger partial charge on any atom is -0.298 e. The Morgan fingerprint density at radius 3 is 2.50 bits per heavy atom. The normalized spacial score (nSPS) is 12.1. The summed E-state index contributed by atoms with van der Waals surface area (Å²) in [6.45, 7) is 1.94. The first-order valence-corrected chi connectivity index (χ1v) is 4.59. The Balaban J connectivity index is 2.77. The largest absolute Gasteiger partial charge is 0.349 e. The molecule has 0 spiro atoms. The van der Waals surface area contributed by atoms with Crippen LogP contribution < -0.4 is 0 Å². The zero-order valence-electron chi connectivity index (χ0n) is 8.40. The van der Waals surface area contributed by atoms with Gasteiger partial charge in [-0.1, -0.05) is 37.3 Å². The maximum atomic E-state index is 11.4. The van der Waals surface area contributed by atoms with Crippen LogP contribution in [0.15, 0.2) is 30.3 Å². The molecule has 76 valence electrons. The van der Waals surface area contributed by atoms with Crippen molar-refractivity contribution in [2.24, 2.45) is 0 Å². The molecule has 1 atom stereocenters. The number of carbonyl (C=O) groups is 1. The fourth-order valence-corrected chi connectivity index (χ4v) is 1.36. The lowest BCUT2D eigenvalue weighted by Crippen LogP contribution is -2.14. The summed E-state index contributed by atoms with van der Waals surface area (Å²) in [5.74, 6) is -0.586. The average molecular weight is 194 g/mol. The van der Waals surface area contributed by atoms with E-state index in [0.29, 0.717) is 6.42 Å². The predicted octanol–water partition coefficient (Wildman–Crippen LogP) is 2.28. The van der Waals surface area contributed by atoms with E-state index >= 15 is 0 Å². The summed E-state index contributed by atoms with van der Waals surface area (Å²) in [6, 6.07) is 9.53. The molecule has 0 radical (unpaired) electrons. The quantitative estimate of drug-likeness (QED) is 0.545. The Kier molecular flexibility index (Phi) is 4.13. The maximum Gasteiger partial charge on any atom is 0.349 e.